The van der Waals surface area contributed by atoms with Gasteiger partial charge in [-0.15, -0.1) is 0 Å². The number of rotatable bonds is 5. The van der Waals surface area contributed by atoms with E-state index in [1.807, 2.05) is 38.2 Å². The predicted molar refractivity (Wildman–Crippen MR) is 106 cm³/mol. The quantitative estimate of drug-likeness (QED) is 0.556. The van der Waals surface area contributed by atoms with Crippen molar-refractivity contribution in [2.75, 3.05) is 5.32 Å². The molecule has 1 atom stereocenters. The zero-order valence-corrected chi connectivity index (χ0v) is 15.6. The Kier molecular flexibility index (Phi) is 5.39. The lowest BCUT2D eigenvalue weighted by molar-refractivity contribution is 0.102. The SMILES string of the molecule is C\C=C/C(C)=C\C=C\n1nc(P)cc1NC(=O)c1cnn2cccnc12. The van der Waals surface area contributed by atoms with Gasteiger partial charge in [-0.2, -0.15) is 10.2 Å². The Morgan fingerprint density at radius 2 is 2.23 bits per heavy atom. The Labute approximate surface area is 153 Å². The van der Waals surface area contributed by atoms with Crippen molar-refractivity contribution >= 4 is 38.2 Å². The summed E-state index contributed by atoms with van der Waals surface area (Å²) >= 11 is 0. The first kappa shape index (κ1) is 17.8. The van der Waals surface area contributed by atoms with Crippen LogP contribution in [0.25, 0.3) is 11.8 Å². The fourth-order valence-electron chi connectivity index (χ4n) is 2.39. The van der Waals surface area contributed by atoms with Gasteiger partial charge in [-0.25, -0.2) is 14.2 Å². The second kappa shape index (κ2) is 7.89. The van der Waals surface area contributed by atoms with Gasteiger partial charge in [0.25, 0.3) is 5.91 Å². The van der Waals surface area contributed by atoms with Crippen LogP contribution in [0, 0.1) is 0 Å². The van der Waals surface area contributed by atoms with Crippen LogP contribution in [-0.4, -0.2) is 30.3 Å². The average molecular weight is 366 g/mol. The predicted octanol–water partition coefficient (Wildman–Crippen LogP) is 2.67. The van der Waals surface area contributed by atoms with Crippen molar-refractivity contribution in [2.24, 2.45) is 0 Å². The van der Waals surface area contributed by atoms with Crippen LogP contribution in [-0.2, 0) is 0 Å². The maximum atomic E-state index is 12.6. The molecule has 132 valence electrons. The van der Waals surface area contributed by atoms with Crippen LogP contribution in [0.3, 0.4) is 0 Å². The van der Waals surface area contributed by atoms with E-state index in [4.69, 9.17) is 0 Å². The van der Waals surface area contributed by atoms with Crippen LogP contribution in [0.2, 0.25) is 0 Å². The highest BCUT2D eigenvalue weighted by Crippen LogP contribution is 2.13. The number of carbonyl (C=O) groups excluding carboxylic acids is 1. The Hall–Kier alpha value is -3.05. The molecule has 3 aromatic rings. The molecule has 0 radical (unpaired) electrons. The third-order valence-corrected chi connectivity index (χ3v) is 3.82. The lowest BCUT2D eigenvalue weighted by atomic mass is 10.2. The van der Waals surface area contributed by atoms with Gasteiger partial charge in [-0.3, -0.25) is 4.79 Å². The highest BCUT2D eigenvalue weighted by Gasteiger charge is 2.15. The number of hydrogen-bond acceptors (Lipinski definition) is 4. The average Bonchev–Trinajstić information content (AvgIpc) is 3.18. The number of aromatic nitrogens is 5. The molecule has 7 nitrogen and oxygen atoms in total. The van der Waals surface area contributed by atoms with E-state index in [0.717, 1.165) is 11.0 Å². The minimum absolute atomic E-state index is 0.293. The molecule has 8 heteroatoms. The van der Waals surface area contributed by atoms with Crippen molar-refractivity contribution in [2.45, 2.75) is 13.8 Å². The molecule has 0 fully saturated rings. The van der Waals surface area contributed by atoms with Crippen LogP contribution in [0.1, 0.15) is 24.2 Å². The van der Waals surface area contributed by atoms with Crippen molar-refractivity contribution < 1.29 is 4.79 Å². The fourth-order valence-corrected chi connectivity index (χ4v) is 2.67. The van der Waals surface area contributed by atoms with E-state index >= 15 is 0 Å². The summed E-state index contributed by atoms with van der Waals surface area (Å²) in [7, 11) is 2.52. The van der Waals surface area contributed by atoms with Gasteiger partial charge in [-0.05, 0) is 26.0 Å². The van der Waals surface area contributed by atoms with E-state index in [0.29, 0.717) is 17.0 Å². The Bertz CT molecular complexity index is 1030. The molecule has 0 aliphatic carbocycles. The molecule has 0 aliphatic rings. The summed E-state index contributed by atoms with van der Waals surface area (Å²) in [5, 5.41) is 11.3. The maximum Gasteiger partial charge on any atom is 0.262 e. The third-order valence-electron chi connectivity index (χ3n) is 3.54. The number of hydrogen-bond donors (Lipinski definition) is 1. The lowest BCUT2D eigenvalue weighted by Gasteiger charge is -2.04. The van der Waals surface area contributed by atoms with E-state index < -0.39 is 0 Å². The first-order valence-corrected chi connectivity index (χ1v) is 8.58. The number of anilines is 1. The summed E-state index contributed by atoms with van der Waals surface area (Å²) in [6.45, 7) is 3.98. The molecule has 1 amide bonds. The van der Waals surface area contributed by atoms with Crippen LogP contribution in [0.4, 0.5) is 5.82 Å². The minimum Gasteiger partial charge on any atom is -0.306 e. The van der Waals surface area contributed by atoms with E-state index in [2.05, 4.69) is 29.7 Å². The van der Waals surface area contributed by atoms with Crippen molar-refractivity contribution in [3.05, 3.63) is 66.2 Å². The lowest BCUT2D eigenvalue weighted by Crippen LogP contribution is -2.14. The molecule has 0 aliphatic heterocycles. The molecule has 1 unspecified atom stereocenters. The maximum absolute atomic E-state index is 12.6. The second-order valence-electron chi connectivity index (χ2n) is 5.55. The fraction of sp³-hybridized carbons (Fsp3) is 0.111. The monoisotopic (exact) mass is 366 g/mol. The first-order chi connectivity index (χ1) is 12.6. The van der Waals surface area contributed by atoms with Crippen LogP contribution in [0.5, 0.6) is 0 Å². The Morgan fingerprint density at radius 1 is 1.38 bits per heavy atom. The molecule has 26 heavy (non-hydrogen) atoms. The van der Waals surface area contributed by atoms with Crippen LogP contribution >= 0.6 is 9.24 Å². The van der Waals surface area contributed by atoms with E-state index in [9.17, 15) is 4.79 Å². The normalized spacial score (nSPS) is 12.5. The molecule has 1 N–H and O–H groups in total. The van der Waals surface area contributed by atoms with Crippen molar-refractivity contribution in [1.29, 1.82) is 0 Å². The number of allylic oxidation sites excluding steroid dienone is 5. The standard InChI is InChI=1S/C18H19N6OP/c1-3-6-13(2)7-4-9-23-15(11-16(26)22-23)21-18(25)14-12-20-24-10-5-8-19-17(14)24/h3-12H,26H2,1-2H3,(H,21,25)/b6-3-,9-4+,13-7-. The molecule has 3 rings (SSSR count). The van der Waals surface area contributed by atoms with E-state index in [-0.39, 0.29) is 5.91 Å². The van der Waals surface area contributed by atoms with Crippen molar-refractivity contribution in [3.63, 3.8) is 0 Å². The van der Waals surface area contributed by atoms with Gasteiger partial charge in [0.2, 0.25) is 0 Å². The topological polar surface area (TPSA) is 77.1 Å². The summed E-state index contributed by atoms with van der Waals surface area (Å²) in [5.74, 6) is 0.266. The molecule has 0 saturated carbocycles. The summed E-state index contributed by atoms with van der Waals surface area (Å²) in [6, 6.07) is 3.53. The molecule has 0 saturated heterocycles. The summed E-state index contributed by atoms with van der Waals surface area (Å²) in [6.07, 6.45) is 14.5. The first-order valence-electron chi connectivity index (χ1n) is 8.01. The molecule has 3 heterocycles. The van der Waals surface area contributed by atoms with E-state index in [1.54, 1.807) is 39.9 Å². The van der Waals surface area contributed by atoms with E-state index in [1.165, 1.54) is 6.20 Å². The molecule has 0 bridgehead atoms. The van der Waals surface area contributed by atoms with Gasteiger partial charge >= 0.3 is 0 Å². The van der Waals surface area contributed by atoms with Gasteiger partial charge in [-0.1, -0.05) is 33.0 Å². The number of amides is 1. The highest BCUT2D eigenvalue weighted by atomic mass is 31.0. The number of fused-ring (bicyclic) bond motifs is 1. The van der Waals surface area contributed by atoms with Gasteiger partial charge in [0.15, 0.2) is 5.65 Å². The molecule has 0 aromatic carbocycles. The van der Waals surface area contributed by atoms with Gasteiger partial charge in [0, 0.05) is 24.7 Å². The van der Waals surface area contributed by atoms with Crippen LogP contribution < -0.4 is 10.8 Å². The molecular formula is C18H19N6OP. The third kappa shape index (κ3) is 3.95. The Morgan fingerprint density at radius 3 is 3.04 bits per heavy atom. The summed E-state index contributed by atoms with van der Waals surface area (Å²) in [4.78, 5) is 16.8. The van der Waals surface area contributed by atoms with Crippen molar-refractivity contribution in [3.8, 4) is 0 Å². The largest absolute Gasteiger partial charge is 0.306 e. The second-order valence-corrected chi connectivity index (χ2v) is 6.14. The van der Waals surface area contributed by atoms with Crippen LogP contribution in [0.15, 0.2) is 60.6 Å². The molecule has 3 aromatic heterocycles. The zero-order valence-electron chi connectivity index (χ0n) is 14.5. The minimum atomic E-state index is -0.293. The Balaban J connectivity index is 1.83. The zero-order chi connectivity index (χ0) is 18.5. The number of nitrogens with one attached hydrogen (secondary N) is 1. The van der Waals surface area contributed by atoms with Gasteiger partial charge < -0.3 is 5.32 Å². The molecule has 0 spiro atoms. The summed E-state index contributed by atoms with van der Waals surface area (Å²) in [5.41, 5.74) is 2.74. The highest BCUT2D eigenvalue weighted by molar-refractivity contribution is 7.26. The molecular weight excluding hydrogens is 347 g/mol. The van der Waals surface area contributed by atoms with Crippen molar-refractivity contribution in [1.82, 2.24) is 24.4 Å². The van der Waals surface area contributed by atoms with Gasteiger partial charge in [0.05, 0.1) is 11.6 Å². The summed E-state index contributed by atoms with van der Waals surface area (Å²) < 4.78 is 3.17. The van der Waals surface area contributed by atoms with Gasteiger partial charge in [0.1, 0.15) is 11.4 Å². The number of carbonyl (C=O) groups is 1. The number of nitrogens with zero attached hydrogens (tertiary/aromatic N) is 5. The smallest absolute Gasteiger partial charge is 0.262 e.